The first-order chi connectivity index (χ1) is 5.27. The summed E-state index contributed by atoms with van der Waals surface area (Å²) in [6, 6.07) is 0. The highest BCUT2D eigenvalue weighted by atomic mass is 16.5. The molecule has 2 N–H and O–H groups in total. The first kappa shape index (κ1) is 7.17. The van der Waals surface area contributed by atoms with Gasteiger partial charge in [0.1, 0.15) is 0 Å². The number of hydroxylamine groups is 1. The predicted molar refractivity (Wildman–Crippen MR) is 43.1 cm³/mol. The van der Waals surface area contributed by atoms with E-state index in [0.29, 0.717) is 0 Å². The van der Waals surface area contributed by atoms with Crippen molar-refractivity contribution in [2.75, 3.05) is 0 Å². The van der Waals surface area contributed by atoms with Gasteiger partial charge in [-0.2, -0.15) is 0 Å². The van der Waals surface area contributed by atoms with Gasteiger partial charge in [-0.3, -0.25) is 10.7 Å². The lowest BCUT2D eigenvalue weighted by molar-refractivity contribution is 0.160. The Bertz CT molecular complexity index is 180. The van der Waals surface area contributed by atoms with Crippen LogP contribution in [-0.4, -0.2) is 5.21 Å². The smallest absolute Gasteiger partial charge is 0.0366 e. The molecule has 0 aromatic heterocycles. The fourth-order valence-electron chi connectivity index (χ4n) is 2.73. The zero-order valence-corrected chi connectivity index (χ0v) is 6.77. The third-order valence-electron chi connectivity index (χ3n) is 3.52. The van der Waals surface area contributed by atoms with Gasteiger partial charge in [-0.05, 0) is 38.0 Å². The second-order valence-corrected chi connectivity index (χ2v) is 4.02. The van der Waals surface area contributed by atoms with E-state index in [4.69, 9.17) is 5.21 Å². The van der Waals surface area contributed by atoms with Gasteiger partial charge in [-0.25, -0.2) is 0 Å². The lowest BCUT2D eigenvalue weighted by Gasteiger charge is -2.27. The standard InChI is InChI=1S/C9H15NO/c1-7(10-11)9-4-2-8(6-9)3-5-9/h8,10-11H,1-6H2. The average molecular weight is 153 g/mol. The number of rotatable bonds is 2. The summed E-state index contributed by atoms with van der Waals surface area (Å²) in [5, 5.41) is 8.76. The van der Waals surface area contributed by atoms with Gasteiger partial charge in [0.2, 0.25) is 0 Å². The molecule has 0 aliphatic heterocycles. The molecule has 2 aliphatic rings. The maximum absolute atomic E-state index is 8.76. The van der Waals surface area contributed by atoms with E-state index in [1.807, 2.05) is 0 Å². The minimum atomic E-state index is 0.263. The van der Waals surface area contributed by atoms with E-state index in [1.54, 1.807) is 0 Å². The van der Waals surface area contributed by atoms with Gasteiger partial charge >= 0.3 is 0 Å². The highest BCUT2D eigenvalue weighted by Gasteiger charge is 2.46. The van der Waals surface area contributed by atoms with Crippen LogP contribution in [0.3, 0.4) is 0 Å². The van der Waals surface area contributed by atoms with Crippen LogP contribution in [0.2, 0.25) is 0 Å². The Kier molecular flexibility index (Phi) is 1.46. The Morgan fingerprint density at radius 2 is 2.09 bits per heavy atom. The van der Waals surface area contributed by atoms with Gasteiger partial charge < -0.3 is 0 Å². The molecule has 0 radical (unpaired) electrons. The van der Waals surface area contributed by atoms with Crippen LogP contribution in [-0.2, 0) is 0 Å². The van der Waals surface area contributed by atoms with E-state index < -0.39 is 0 Å². The highest BCUT2D eigenvalue weighted by molar-refractivity contribution is 5.14. The van der Waals surface area contributed by atoms with Gasteiger partial charge in [-0.1, -0.05) is 6.58 Å². The van der Waals surface area contributed by atoms with E-state index >= 15 is 0 Å². The second kappa shape index (κ2) is 2.24. The number of hydrogen-bond donors (Lipinski definition) is 2. The first-order valence-corrected chi connectivity index (χ1v) is 4.36. The largest absolute Gasteiger partial charge is 0.291 e. The Morgan fingerprint density at radius 1 is 1.45 bits per heavy atom. The highest BCUT2D eigenvalue weighted by Crippen LogP contribution is 2.56. The molecule has 2 bridgehead atoms. The van der Waals surface area contributed by atoms with Crippen molar-refractivity contribution in [1.82, 2.24) is 5.48 Å². The van der Waals surface area contributed by atoms with Crippen LogP contribution in [0.4, 0.5) is 0 Å². The Labute approximate surface area is 67.3 Å². The van der Waals surface area contributed by atoms with E-state index in [1.165, 1.54) is 32.1 Å². The summed E-state index contributed by atoms with van der Waals surface area (Å²) in [7, 11) is 0. The third kappa shape index (κ3) is 0.890. The zero-order chi connectivity index (χ0) is 7.90. The molecule has 2 nitrogen and oxygen atoms in total. The van der Waals surface area contributed by atoms with Crippen molar-refractivity contribution in [3.05, 3.63) is 12.3 Å². The SMILES string of the molecule is C=C(NO)C12CCC(CC1)C2. The van der Waals surface area contributed by atoms with Crippen LogP contribution in [0.25, 0.3) is 0 Å². The van der Waals surface area contributed by atoms with Crippen molar-refractivity contribution < 1.29 is 5.21 Å². The second-order valence-electron chi connectivity index (χ2n) is 4.02. The van der Waals surface area contributed by atoms with Gasteiger partial charge in [0.25, 0.3) is 0 Å². The van der Waals surface area contributed by atoms with E-state index in [2.05, 4.69) is 12.1 Å². The number of allylic oxidation sites excluding steroid dienone is 1. The number of nitrogens with one attached hydrogen (secondary N) is 1. The van der Waals surface area contributed by atoms with Gasteiger partial charge in [0.05, 0.1) is 0 Å². The molecular formula is C9H15NO. The topological polar surface area (TPSA) is 32.3 Å². The Balaban J connectivity index is 2.16. The quantitative estimate of drug-likeness (QED) is 0.595. The molecule has 0 aromatic carbocycles. The molecule has 2 saturated carbocycles. The van der Waals surface area contributed by atoms with Crippen molar-refractivity contribution in [2.45, 2.75) is 32.1 Å². The van der Waals surface area contributed by atoms with Crippen LogP contribution in [0.5, 0.6) is 0 Å². The van der Waals surface area contributed by atoms with E-state index in [-0.39, 0.29) is 5.41 Å². The molecule has 0 unspecified atom stereocenters. The molecule has 0 saturated heterocycles. The fraction of sp³-hybridized carbons (Fsp3) is 0.778. The van der Waals surface area contributed by atoms with Gasteiger partial charge in [0.15, 0.2) is 0 Å². The molecule has 2 heteroatoms. The summed E-state index contributed by atoms with van der Waals surface area (Å²) in [4.78, 5) is 0. The number of hydrogen-bond acceptors (Lipinski definition) is 2. The summed E-state index contributed by atoms with van der Waals surface area (Å²) < 4.78 is 0. The predicted octanol–water partition coefficient (Wildman–Crippen LogP) is 2.06. The molecule has 2 rings (SSSR count). The molecule has 0 atom stereocenters. The molecule has 0 aromatic rings. The summed E-state index contributed by atoms with van der Waals surface area (Å²) in [6.45, 7) is 3.86. The van der Waals surface area contributed by atoms with Crippen molar-refractivity contribution in [2.24, 2.45) is 11.3 Å². The molecule has 2 fully saturated rings. The molecule has 0 amide bonds. The minimum absolute atomic E-state index is 0.263. The molecular weight excluding hydrogens is 138 g/mol. The average Bonchev–Trinajstić information content (AvgIpc) is 2.62. The van der Waals surface area contributed by atoms with Crippen molar-refractivity contribution in [1.29, 1.82) is 0 Å². The fourth-order valence-corrected chi connectivity index (χ4v) is 2.73. The first-order valence-electron chi connectivity index (χ1n) is 4.36. The van der Waals surface area contributed by atoms with Crippen LogP contribution < -0.4 is 5.48 Å². The van der Waals surface area contributed by atoms with Gasteiger partial charge in [-0.15, -0.1) is 0 Å². The molecule has 11 heavy (non-hydrogen) atoms. The third-order valence-corrected chi connectivity index (χ3v) is 3.52. The molecule has 0 spiro atoms. The minimum Gasteiger partial charge on any atom is -0.291 e. The summed E-state index contributed by atoms with van der Waals surface area (Å²) in [5.41, 5.74) is 3.34. The van der Waals surface area contributed by atoms with E-state index in [9.17, 15) is 0 Å². The maximum Gasteiger partial charge on any atom is 0.0366 e. The molecule has 2 aliphatic carbocycles. The number of fused-ring (bicyclic) bond motifs is 2. The van der Waals surface area contributed by atoms with Crippen LogP contribution >= 0.6 is 0 Å². The monoisotopic (exact) mass is 153 g/mol. The van der Waals surface area contributed by atoms with Crippen molar-refractivity contribution >= 4 is 0 Å². The zero-order valence-electron chi connectivity index (χ0n) is 6.77. The van der Waals surface area contributed by atoms with E-state index in [0.717, 1.165) is 11.6 Å². The normalized spacial score (nSPS) is 41.0. The van der Waals surface area contributed by atoms with Crippen LogP contribution in [0.15, 0.2) is 12.3 Å². The van der Waals surface area contributed by atoms with Crippen molar-refractivity contribution in [3.63, 3.8) is 0 Å². The molecule has 0 heterocycles. The molecule has 62 valence electrons. The van der Waals surface area contributed by atoms with Gasteiger partial charge in [0, 0.05) is 11.1 Å². The van der Waals surface area contributed by atoms with Crippen LogP contribution in [0.1, 0.15) is 32.1 Å². The maximum atomic E-state index is 8.76. The van der Waals surface area contributed by atoms with Crippen molar-refractivity contribution in [3.8, 4) is 0 Å². The summed E-state index contributed by atoms with van der Waals surface area (Å²) in [6.07, 6.45) is 6.37. The Hall–Kier alpha value is -0.500. The Morgan fingerprint density at radius 3 is 2.45 bits per heavy atom. The lowest BCUT2D eigenvalue weighted by atomic mass is 9.82. The summed E-state index contributed by atoms with van der Waals surface area (Å²) >= 11 is 0. The van der Waals surface area contributed by atoms with Crippen LogP contribution in [0, 0.1) is 11.3 Å². The summed E-state index contributed by atoms with van der Waals surface area (Å²) in [5.74, 6) is 0.917. The lowest BCUT2D eigenvalue weighted by Crippen LogP contribution is -2.25.